The van der Waals surface area contributed by atoms with E-state index in [2.05, 4.69) is 53.5 Å². The van der Waals surface area contributed by atoms with Crippen LogP contribution in [0.1, 0.15) is 51.8 Å². The van der Waals surface area contributed by atoms with E-state index >= 15 is 0 Å². The Hall–Kier alpha value is -2.21. The van der Waals surface area contributed by atoms with Crippen LogP contribution in [0.15, 0.2) is 35.1 Å². The number of nitrogens with zero attached hydrogens (tertiary/aromatic N) is 2. The number of aromatic amines is 1. The monoisotopic (exact) mass is 342 g/mol. The highest BCUT2D eigenvalue weighted by molar-refractivity contribution is 5.26. The van der Waals surface area contributed by atoms with Crippen LogP contribution in [-0.2, 0) is 6.42 Å². The maximum absolute atomic E-state index is 12.3. The van der Waals surface area contributed by atoms with Crippen LogP contribution < -0.4 is 16.2 Å². The minimum absolute atomic E-state index is 0.153. The summed E-state index contributed by atoms with van der Waals surface area (Å²) in [5.74, 6) is 0.459. The van der Waals surface area contributed by atoms with Crippen molar-refractivity contribution in [1.29, 1.82) is 0 Å². The van der Waals surface area contributed by atoms with E-state index in [4.69, 9.17) is 0 Å². The first kappa shape index (κ1) is 17.6. The summed E-state index contributed by atoms with van der Waals surface area (Å²) in [6.07, 6.45) is 2.50. The molecule has 0 unspecified atom stereocenters. The third-order valence-corrected chi connectivity index (χ3v) is 4.65. The SMILES string of the molecule is CC1(C)CC(Nc2nnc(Cc3ccccc3)c(=O)[nH]2)CC(C)(C)[NH2+]1. The van der Waals surface area contributed by atoms with Crippen molar-refractivity contribution in [2.24, 2.45) is 0 Å². The molecular weight excluding hydrogens is 314 g/mol. The fraction of sp³-hybridized carbons (Fsp3) is 0.526. The molecule has 0 saturated carbocycles. The van der Waals surface area contributed by atoms with Gasteiger partial charge in [-0.2, -0.15) is 0 Å². The third kappa shape index (κ3) is 4.66. The largest absolute Gasteiger partial charge is 0.351 e. The van der Waals surface area contributed by atoms with Crippen LogP contribution in [0, 0.1) is 0 Å². The summed E-state index contributed by atoms with van der Waals surface area (Å²) in [7, 11) is 0. The van der Waals surface area contributed by atoms with E-state index in [1.807, 2.05) is 30.3 Å². The number of hydrogen-bond donors (Lipinski definition) is 3. The van der Waals surface area contributed by atoms with Crippen molar-refractivity contribution in [1.82, 2.24) is 15.2 Å². The molecule has 1 aliphatic heterocycles. The standard InChI is InChI=1S/C19H27N5O/c1-18(2)11-14(12-19(3,4)24-18)20-17-21-16(25)15(22-23-17)10-13-8-6-5-7-9-13/h5-9,14,24H,10-12H2,1-4H3,(H2,20,21,23,25)/p+1. The summed E-state index contributed by atoms with van der Waals surface area (Å²) >= 11 is 0. The number of quaternary nitrogens is 1. The predicted molar refractivity (Wildman–Crippen MR) is 98.6 cm³/mol. The first-order valence-corrected chi connectivity index (χ1v) is 8.86. The van der Waals surface area contributed by atoms with Crippen LogP contribution in [0.5, 0.6) is 0 Å². The Balaban J connectivity index is 1.72. The molecule has 0 spiro atoms. The van der Waals surface area contributed by atoms with Gasteiger partial charge >= 0.3 is 0 Å². The quantitative estimate of drug-likeness (QED) is 0.785. The van der Waals surface area contributed by atoms with Gasteiger partial charge < -0.3 is 10.6 Å². The second-order valence-corrected chi connectivity index (χ2v) is 8.48. The molecule has 1 aliphatic rings. The lowest BCUT2D eigenvalue weighted by molar-refractivity contribution is -0.787. The van der Waals surface area contributed by atoms with Gasteiger partial charge in [0.05, 0.1) is 11.1 Å². The molecule has 0 atom stereocenters. The van der Waals surface area contributed by atoms with E-state index in [0.29, 0.717) is 18.1 Å². The Morgan fingerprint density at radius 3 is 2.36 bits per heavy atom. The van der Waals surface area contributed by atoms with Gasteiger partial charge in [-0.1, -0.05) is 30.3 Å². The fourth-order valence-corrected chi connectivity index (χ4v) is 4.14. The Morgan fingerprint density at radius 2 is 1.76 bits per heavy atom. The molecule has 2 aromatic rings. The van der Waals surface area contributed by atoms with E-state index in [0.717, 1.165) is 18.4 Å². The predicted octanol–water partition coefficient (Wildman–Crippen LogP) is 1.45. The van der Waals surface area contributed by atoms with Crippen LogP contribution in [0.25, 0.3) is 0 Å². The fourth-order valence-electron chi connectivity index (χ4n) is 4.14. The van der Waals surface area contributed by atoms with E-state index in [1.54, 1.807) is 0 Å². The van der Waals surface area contributed by atoms with Gasteiger partial charge in [-0.05, 0) is 33.3 Å². The molecule has 0 aliphatic carbocycles. The van der Waals surface area contributed by atoms with Gasteiger partial charge in [0.15, 0.2) is 0 Å². The van der Waals surface area contributed by atoms with Crippen LogP contribution in [-0.4, -0.2) is 32.3 Å². The van der Waals surface area contributed by atoms with Crippen LogP contribution in [0.3, 0.4) is 0 Å². The second kappa shape index (κ2) is 6.59. The van der Waals surface area contributed by atoms with Crippen LogP contribution in [0.4, 0.5) is 5.95 Å². The molecule has 1 aromatic carbocycles. The molecule has 2 heterocycles. The third-order valence-electron chi connectivity index (χ3n) is 4.65. The van der Waals surface area contributed by atoms with Gasteiger partial charge in [0.1, 0.15) is 5.69 Å². The zero-order valence-corrected chi connectivity index (χ0v) is 15.5. The number of aromatic nitrogens is 3. The first-order valence-electron chi connectivity index (χ1n) is 8.86. The highest BCUT2D eigenvalue weighted by atomic mass is 16.1. The van der Waals surface area contributed by atoms with Crippen molar-refractivity contribution in [3.05, 3.63) is 51.9 Å². The normalized spacial score (nSPS) is 19.5. The van der Waals surface area contributed by atoms with E-state index in [9.17, 15) is 4.79 Å². The van der Waals surface area contributed by atoms with Crippen LogP contribution >= 0.6 is 0 Å². The summed E-state index contributed by atoms with van der Waals surface area (Å²) in [6.45, 7) is 9.00. The molecule has 6 heteroatoms. The molecule has 0 radical (unpaired) electrons. The van der Waals surface area contributed by atoms with Gasteiger partial charge in [-0.3, -0.25) is 9.78 Å². The van der Waals surface area contributed by atoms with Crippen LogP contribution in [0.2, 0.25) is 0 Å². The average Bonchev–Trinajstić information content (AvgIpc) is 2.48. The molecule has 1 aromatic heterocycles. The summed E-state index contributed by atoms with van der Waals surface area (Å²) in [5.41, 5.74) is 1.62. The molecule has 134 valence electrons. The lowest BCUT2D eigenvalue weighted by atomic mass is 9.80. The summed E-state index contributed by atoms with van der Waals surface area (Å²) in [6, 6.07) is 10.1. The zero-order chi connectivity index (χ0) is 18.1. The smallest absolute Gasteiger partial charge is 0.274 e. The number of anilines is 1. The number of rotatable bonds is 4. The second-order valence-electron chi connectivity index (χ2n) is 8.48. The molecule has 4 N–H and O–H groups in total. The van der Waals surface area contributed by atoms with Crippen molar-refractivity contribution in [3.8, 4) is 0 Å². The summed E-state index contributed by atoms with van der Waals surface area (Å²) in [4.78, 5) is 15.2. The summed E-state index contributed by atoms with van der Waals surface area (Å²) in [5, 5.41) is 14.1. The Kier molecular flexibility index (Phi) is 4.64. The maximum Gasteiger partial charge on any atom is 0.274 e. The summed E-state index contributed by atoms with van der Waals surface area (Å²) < 4.78 is 0. The minimum atomic E-state index is -0.178. The van der Waals surface area contributed by atoms with Gasteiger partial charge in [0, 0.05) is 25.3 Å². The number of piperidine rings is 1. The number of nitrogens with one attached hydrogen (secondary N) is 2. The number of nitrogens with two attached hydrogens (primary N) is 1. The molecule has 6 nitrogen and oxygen atoms in total. The minimum Gasteiger partial charge on any atom is -0.351 e. The first-order chi connectivity index (χ1) is 11.7. The highest BCUT2D eigenvalue weighted by Crippen LogP contribution is 2.23. The number of benzene rings is 1. The lowest BCUT2D eigenvalue weighted by Crippen LogP contribution is -3.06. The van der Waals surface area contributed by atoms with Gasteiger partial charge in [0.2, 0.25) is 5.95 Å². The van der Waals surface area contributed by atoms with E-state index in [1.165, 1.54) is 0 Å². The highest BCUT2D eigenvalue weighted by Gasteiger charge is 2.41. The molecule has 1 saturated heterocycles. The maximum atomic E-state index is 12.3. The Labute approximate surface area is 148 Å². The van der Waals surface area contributed by atoms with E-state index in [-0.39, 0.29) is 22.7 Å². The van der Waals surface area contributed by atoms with Crippen molar-refractivity contribution in [2.45, 2.75) is 64.1 Å². The topological polar surface area (TPSA) is 87.3 Å². The molecule has 3 rings (SSSR count). The molecule has 0 bridgehead atoms. The van der Waals surface area contributed by atoms with Crippen molar-refractivity contribution in [3.63, 3.8) is 0 Å². The zero-order valence-electron chi connectivity index (χ0n) is 15.5. The molecule has 25 heavy (non-hydrogen) atoms. The number of H-pyrrole nitrogens is 1. The van der Waals surface area contributed by atoms with E-state index < -0.39 is 0 Å². The van der Waals surface area contributed by atoms with Gasteiger partial charge in [-0.15, -0.1) is 10.2 Å². The Bertz CT molecular complexity index is 766. The van der Waals surface area contributed by atoms with Crippen molar-refractivity contribution < 1.29 is 5.32 Å². The molecule has 0 amide bonds. The Morgan fingerprint density at radius 1 is 1.12 bits per heavy atom. The average molecular weight is 342 g/mol. The number of hydrogen-bond acceptors (Lipinski definition) is 4. The molecular formula is C19H28N5O+. The van der Waals surface area contributed by atoms with Crippen molar-refractivity contribution >= 4 is 5.95 Å². The van der Waals surface area contributed by atoms with Gasteiger partial charge in [-0.25, -0.2) is 0 Å². The molecule has 1 fully saturated rings. The lowest BCUT2D eigenvalue weighted by Gasteiger charge is -2.43. The van der Waals surface area contributed by atoms with Crippen molar-refractivity contribution in [2.75, 3.05) is 5.32 Å². The van der Waals surface area contributed by atoms with Gasteiger partial charge in [0.25, 0.3) is 5.56 Å².